The van der Waals surface area contributed by atoms with Crippen LogP contribution in [0, 0.1) is 11.6 Å². The van der Waals surface area contributed by atoms with Gasteiger partial charge in [0, 0.05) is 21.7 Å². The molecule has 0 aliphatic heterocycles. The average Bonchev–Trinajstić information content (AvgIpc) is 3.22. The fourth-order valence-electron chi connectivity index (χ4n) is 7.86. The van der Waals surface area contributed by atoms with E-state index in [4.69, 9.17) is 4.98 Å². The van der Waals surface area contributed by atoms with E-state index in [-0.39, 0.29) is 0 Å². The van der Waals surface area contributed by atoms with E-state index in [1.54, 1.807) is 6.07 Å². The average molecular weight is 702 g/mol. The monoisotopic (exact) mass is 701 g/mol. The second-order valence-electron chi connectivity index (χ2n) is 13.4. The van der Waals surface area contributed by atoms with Gasteiger partial charge in [-0.1, -0.05) is 146 Å². The Kier molecular flexibility index (Phi) is 7.56. The summed E-state index contributed by atoms with van der Waals surface area (Å²) in [6, 6.07) is 62.2. The van der Waals surface area contributed by atoms with Gasteiger partial charge in [0.2, 0.25) is 0 Å². The number of nitrogens with zero attached hydrogens (tertiary/aromatic N) is 1. The molecule has 1 aromatic heterocycles. The van der Waals surface area contributed by atoms with Crippen molar-refractivity contribution in [1.29, 1.82) is 0 Å². The summed E-state index contributed by atoms with van der Waals surface area (Å²) < 4.78 is 29.0. The first-order chi connectivity index (χ1) is 26.1. The highest BCUT2D eigenvalue weighted by Gasteiger charge is 2.20. The normalized spacial score (nSPS) is 11.8. The van der Waals surface area contributed by atoms with Crippen LogP contribution in [0.4, 0.5) is 8.78 Å². The number of benzene rings is 9. The summed E-state index contributed by atoms with van der Waals surface area (Å²) >= 11 is 0. The third-order valence-corrected chi connectivity index (χ3v) is 12.7. The molecule has 4 heteroatoms. The van der Waals surface area contributed by atoms with Crippen LogP contribution in [0.15, 0.2) is 182 Å². The van der Waals surface area contributed by atoms with Crippen molar-refractivity contribution >= 4 is 77.8 Å². The summed E-state index contributed by atoms with van der Waals surface area (Å²) in [4.78, 5) is 5.25. The summed E-state index contributed by atoms with van der Waals surface area (Å²) in [6.45, 7) is 0. The number of pyridine rings is 1. The first-order valence-electron chi connectivity index (χ1n) is 17.7. The molecule has 9 aromatic carbocycles. The van der Waals surface area contributed by atoms with Gasteiger partial charge >= 0.3 is 0 Å². The van der Waals surface area contributed by atoms with Crippen molar-refractivity contribution in [2.75, 3.05) is 0 Å². The second-order valence-corrected chi connectivity index (χ2v) is 15.6. The first-order valence-corrected chi connectivity index (χ1v) is 19.0. The van der Waals surface area contributed by atoms with Crippen LogP contribution in [0.25, 0.3) is 76.4 Å². The Morgan fingerprint density at radius 2 is 0.906 bits per heavy atom. The minimum absolute atomic E-state index is 0.536. The molecule has 0 fully saturated rings. The molecule has 0 atom stereocenters. The molecule has 53 heavy (non-hydrogen) atoms. The highest BCUT2D eigenvalue weighted by molar-refractivity contribution is 7.79. The summed E-state index contributed by atoms with van der Waals surface area (Å²) in [5.41, 5.74) is 4.08. The molecule has 0 saturated heterocycles. The predicted octanol–water partition coefficient (Wildman–Crippen LogP) is 12.2. The summed E-state index contributed by atoms with van der Waals surface area (Å²) in [7, 11) is -0.709. The Balaban J connectivity index is 1.15. The molecule has 0 amide bonds. The Morgan fingerprint density at radius 1 is 0.358 bits per heavy atom. The van der Waals surface area contributed by atoms with E-state index in [2.05, 4.69) is 152 Å². The van der Waals surface area contributed by atoms with Gasteiger partial charge in [0.15, 0.2) is 11.6 Å². The van der Waals surface area contributed by atoms with E-state index >= 15 is 0 Å². The van der Waals surface area contributed by atoms with E-state index in [0.29, 0.717) is 11.3 Å². The number of hydrogen-bond donors (Lipinski definition) is 0. The van der Waals surface area contributed by atoms with Gasteiger partial charge in [0.05, 0.1) is 11.2 Å². The van der Waals surface area contributed by atoms with Crippen LogP contribution < -0.4 is 15.9 Å². The number of halogens is 2. The molecule has 10 rings (SSSR count). The molecule has 0 N–H and O–H groups in total. The lowest BCUT2D eigenvalue weighted by Gasteiger charge is -2.20. The molecule has 1 nitrogen and oxygen atoms in total. The van der Waals surface area contributed by atoms with E-state index in [1.165, 1.54) is 33.4 Å². The molecule has 0 spiro atoms. The third kappa shape index (κ3) is 5.36. The Hall–Kier alpha value is -6.28. The number of rotatable bonds is 5. The van der Waals surface area contributed by atoms with Gasteiger partial charge < -0.3 is 0 Å². The lowest BCUT2D eigenvalue weighted by molar-refractivity contribution is 0.509. The van der Waals surface area contributed by atoms with Crippen LogP contribution in [0.1, 0.15) is 0 Å². The van der Waals surface area contributed by atoms with Gasteiger partial charge in [-0.25, -0.2) is 13.8 Å². The fourth-order valence-corrected chi connectivity index (χ4v) is 10.2. The Labute approximate surface area is 306 Å². The van der Waals surface area contributed by atoms with Gasteiger partial charge in [-0.3, -0.25) is 0 Å². The quantitative estimate of drug-likeness (QED) is 0.129. The highest BCUT2D eigenvalue weighted by Crippen LogP contribution is 2.43. The van der Waals surface area contributed by atoms with Gasteiger partial charge in [-0.05, 0) is 104 Å². The van der Waals surface area contributed by atoms with E-state index in [0.717, 1.165) is 59.7 Å². The molecular formula is C49H30F2NP. The molecule has 0 radical (unpaired) electrons. The Morgan fingerprint density at radius 3 is 1.58 bits per heavy atom. The summed E-state index contributed by atoms with van der Waals surface area (Å²) in [5.74, 6) is -1.77. The topological polar surface area (TPSA) is 12.9 Å². The largest absolute Gasteiger partial charge is 0.247 e. The number of hydrogen-bond acceptors (Lipinski definition) is 1. The zero-order valence-electron chi connectivity index (χ0n) is 28.5. The fraction of sp³-hybridized carbons (Fsp3) is 0. The smallest absolute Gasteiger partial charge is 0.159 e. The molecule has 0 unspecified atom stereocenters. The standard InChI is InChI=1S/C49H30F2NP/c50-44-26-23-35(29-45(44)51)49-48-42-18-10-8-16-40(42)39-15-7-9-17-41(39)47(48)43-25-22-34(30-46(43)52-49)31-19-20-33-28-38(24-21-32(33)27-31)53(36-11-3-1-4-12-36)37-13-5-2-6-14-37/h1-30H. The molecule has 1 heterocycles. The molecule has 0 aliphatic carbocycles. The lowest BCUT2D eigenvalue weighted by Crippen LogP contribution is -2.20. The molecule has 0 saturated carbocycles. The first kappa shape index (κ1) is 31.5. The van der Waals surface area contributed by atoms with Crippen LogP contribution >= 0.6 is 7.92 Å². The molecule has 0 bridgehead atoms. The minimum Gasteiger partial charge on any atom is -0.247 e. The maximum absolute atomic E-state index is 14.8. The van der Waals surface area contributed by atoms with Crippen molar-refractivity contribution in [2.24, 2.45) is 0 Å². The van der Waals surface area contributed by atoms with Crippen molar-refractivity contribution in [1.82, 2.24) is 4.98 Å². The van der Waals surface area contributed by atoms with E-state index in [9.17, 15) is 8.78 Å². The van der Waals surface area contributed by atoms with Crippen molar-refractivity contribution in [3.05, 3.63) is 194 Å². The number of fused-ring (bicyclic) bond motifs is 9. The van der Waals surface area contributed by atoms with Crippen LogP contribution in [0.2, 0.25) is 0 Å². The van der Waals surface area contributed by atoms with Gasteiger partial charge in [0.25, 0.3) is 0 Å². The highest BCUT2D eigenvalue weighted by atomic mass is 31.1. The predicted molar refractivity (Wildman–Crippen MR) is 221 cm³/mol. The lowest BCUT2D eigenvalue weighted by atomic mass is 9.89. The summed E-state index contributed by atoms with van der Waals surface area (Å²) in [6.07, 6.45) is 0. The molecule has 10 aromatic rings. The molecular weight excluding hydrogens is 672 g/mol. The van der Waals surface area contributed by atoms with Crippen molar-refractivity contribution in [3.8, 4) is 22.4 Å². The van der Waals surface area contributed by atoms with Gasteiger partial charge in [-0.2, -0.15) is 0 Å². The van der Waals surface area contributed by atoms with Crippen molar-refractivity contribution < 1.29 is 8.78 Å². The van der Waals surface area contributed by atoms with E-state index < -0.39 is 19.6 Å². The van der Waals surface area contributed by atoms with Crippen LogP contribution in [-0.4, -0.2) is 4.98 Å². The third-order valence-electron chi connectivity index (χ3n) is 10.3. The number of aromatic nitrogens is 1. The zero-order chi connectivity index (χ0) is 35.5. The van der Waals surface area contributed by atoms with Crippen LogP contribution in [-0.2, 0) is 0 Å². The molecule has 0 aliphatic rings. The second kappa shape index (κ2) is 12.7. The minimum atomic E-state index is -0.893. The van der Waals surface area contributed by atoms with Crippen molar-refractivity contribution in [3.63, 3.8) is 0 Å². The Bertz CT molecular complexity index is 2990. The van der Waals surface area contributed by atoms with E-state index in [1.807, 2.05) is 12.1 Å². The summed E-state index contributed by atoms with van der Waals surface area (Å²) in [5, 5.41) is 13.7. The molecule has 250 valence electrons. The zero-order valence-corrected chi connectivity index (χ0v) is 29.4. The maximum Gasteiger partial charge on any atom is 0.159 e. The van der Waals surface area contributed by atoms with Gasteiger partial charge in [0.1, 0.15) is 0 Å². The van der Waals surface area contributed by atoms with Crippen molar-refractivity contribution in [2.45, 2.75) is 0 Å². The van der Waals surface area contributed by atoms with Crippen LogP contribution in [0.3, 0.4) is 0 Å². The van der Waals surface area contributed by atoms with Crippen LogP contribution in [0.5, 0.6) is 0 Å². The maximum atomic E-state index is 14.8. The SMILES string of the molecule is Fc1ccc(-c2nc3cc(-c4ccc5cc(P(c6ccccc6)c6ccccc6)ccc5c4)ccc3c3c4ccccc4c4ccccc4c23)cc1F. The van der Waals surface area contributed by atoms with Gasteiger partial charge in [-0.15, -0.1) is 0 Å².